The first-order valence-electron chi connectivity index (χ1n) is 14.3. The van der Waals surface area contributed by atoms with E-state index in [1.165, 1.54) is 11.8 Å². The summed E-state index contributed by atoms with van der Waals surface area (Å²) in [5, 5.41) is 17.4. The van der Waals surface area contributed by atoms with Crippen molar-refractivity contribution in [2.75, 3.05) is 38.2 Å². The molecule has 0 bridgehead atoms. The molecule has 3 aliphatic heterocycles. The summed E-state index contributed by atoms with van der Waals surface area (Å²) in [7, 11) is 0. The Bertz CT molecular complexity index is 1420. The average Bonchev–Trinajstić information content (AvgIpc) is 3.28. The molecule has 1 amide bonds. The predicted molar refractivity (Wildman–Crippen MR) is 150 cm³/mol. The Morgan fingerprint density at radius 1 is 1.27 bits per heavy atom. The van der Waals surface area contributed by atoms with Gasteiger partial charge in [-0.25, -0.2) is 14.4 Å². The lowest BCUT2D eigenvalue weighted by Gasteiger charge is -2.38. The molecule has 0 radical (unpaired) electrons. The van der Waals surface area contributed by atoms with Crippen molar-refractivity contribution < 1.29 is 19.0 Å². The molecule has 212 valence electrons. The Balaban J connectivity index is 1.32. The van der Waals surface area contributed by atoms with Gasteiger partial charge in [0.25, 0.3) is 0 Å². The number of fused-ring (bicyclic) bond motifs is 1. The number of anilines is 1. The number of ether oxygens (including phenoxy) is 1. The SMILES string of the molecule is CC(C)c1c(CN2CCC[C@@]3(CCNC3=O)C2)cnc2ccc(-c3nc(N[C@@H]4CCOC[C@H]4O)ncc3F)cc12. The van der Waals surface area contributed by atoms with Gasteiger partial charge < -0.3 is 20.5 Å². The molecule has 1 spiro atoms. The molecule has 0 unspecified atom stereocenters. The summed E-state index contributed by atoms with van der Waals surface area (Å²) in [5.74, 6) is 0.163. The third kappa shape index (κ3) is 5.15. The van der Waals surface area contributed by atoms with Crippen LogP contribution in [-0.2, 0) is 16.1 Å². The average molecular weight is 549 g/mol. The molecule has 9 nitrogen and oxygen atoms in total. The number of carbonyl (C=O) groups is 1. The zero-order valence-corrected chi connectivity index (χ0v) is 23.1. The monoisotopic (exact) mass is 548 g/mol. The van der Waals surface area contributed by atoms with Gasteiger partial charge in [0, 0.05) is 43.4 Å². The number of hydrogen-bond donors (Lipinski definition) is 3. The van der Waals surface area contributed by atoms with Gasteiger partial charge in [-0.05, 0) is 61.4 Å². The third-order valence-electron chi connectivity index (χ3n) is 8.65. The number of aliphatic hydroxyl groups excluding tert-OH is 1. The number of aliphatic hydroxyl groups is 1. The highest BCUT2D eigenvalue weighted by atomic mass is 19.1. The summed E-state index contributed by atoms with van der Waals surface area (Å²) < 4.78 is 20.4. The van der Waals surface area contributed by atoms with Crippen LogP contribution in [-0.4, -0.2) is 75.9 Å². The summed E-state index contributed by atoms with van der Waals surface area (Å²) in [6.45, 7) is 8.31. The molecule has 0 aliphatic carbocycles. The Hall–Kier alpha value is -3.21. The lowest BCUT2D eigenvalue weighted by molar-refractivity contribution is -0.130. The standard InChI is InChI=1S/C30H37FN6O3/c1-18(2)26-20(15-37-10-3-7-30(17-37)8-9-32-28(30)39)13-33-23-5-4-19(12-21(23)26)27-22(31)14-34-29(36-27)35-24-6-11-40-16-25(24)38/h4-5,12-14,18,24-25,38H,3,6-11,15-17H2,1-2H3,(H,32,39)(H,34,35,36)/t24-,25-,30-/m1/s1. The van der Waals surface area contributed by atoms with Gasteiger partial charge in [0.15, 0.2) is 5.82 Å². The number of pyridine rings is 1. The molecular formula is C30H37FN6O3. The van der Waals surface area contributed by atoms with Crippen molar-refractivity contribution >= 4 is 22.8 Å². The highest BCUT2D eigenvalue weighted by molar-refractivity contribution is 5.88. The largest absolute Gasteiger partial charge is 0.389 e. The molecule has 3 aromatic rings. The van der Waals surface area contributed by atoms with Crippen molar-refractivity contribution in [2.24, 2.45) is 5.41 Å². The van der Waals surface area contributed by atoms with Crippen molar-refractivity contribution in [1.29, 1.82) is 0 Å². The van der Waals surface area contributed by atoms with Crippen molar-refractivity contribution in [2.45, 2.75) is 64.1 Å². The van der Waals surface area contributed by atoms with E-state index in [2.05, 4.69) is 39.3 Å². The van der Waals surface area contributed by atoms with E-state index in [9.17, 15) is 9.90 Å². The van der Waals surface area contributed by atoms with E-state index in [0.29, 0.717) is 18.6 Å². The summed E-state index contributed by atoms with van der Waals surface area (Å²) in [5.41, 5.74) is 3.73. The molecule has 0 saturated carbocycles. The fourth-order valence-electron chi connectivity index (χ4n) is 6.61. The van der Waals surface area contributed by atoms with E-state index in [4.69, 9.17) is 9.72 Å². The van der Waals surface area contributed by atoms with Crippen LogP contribution in [0.1, 0.15) is 56.6 Å². The van der Waals surface area contributed by atoms with Crippen LogP contribution in [0.3, 0.4) is 0 Å². The molecule has 40 heavy (non-hydrogen) atoms. The lowest BCUT2D eigenvalue weighted by Crippen LogP contribution is -2.46. The molecule has 3 fully saturated rings. The number of aromatic nitrogens is 3. The number of piperidine rings is 1. The molecule has 3 saturated heterocycles. The molecule has 2 aromatic heterocycles. The summed E-state index contributed by atoms with van der Waals surface area (Å²) in [4.78, 5) is 28.4. The van der Waals surface area contributed by atoms with Gasteiger partial charge in [-0.2, -0.15) is 0 Å². The number of nitrogens with one attached hydrogen (secondary N) is 2. The molecule has 10 heteroatoms. The fraction of sp³-hybridized carbons (Fsp3) is 0.533. The number of rotatable bonds is 6. The third-order valence-corrected chi connectivity index (χ3v) is 8.65. The first kappa shape index (κ1) is 27.0. The van der Waals surface area contributed by atoms with Gasteiger partial charge in [0.2, 0.25) is 11.9 Å². The van der Waals surface area contributed by atoms with E-state index >= 15 is 4.39 Å². The molecule has 1 aromatic carbocycles. The van der Waals surface area contributed by atoms with Gasteiger partial charge in [0.1, 0.15) is 5.69 Å². The van der Waals surface area contributed by atoms with E-state index < -0.39 is 11.9 Å². The van der Waals surface area contributed by atoms with Gasteiger partial charge in [-0.15, -0.1) is 0 Å². The van der Waals surface area contributed by atoms with Gasteiger partial charge in [-0.1, -0.05) is 19.9 Å². The predicted octanol–water partition coefficient (Wildman–Crippen LogP) is 3.62. The van der Waals surface area contributed by atoms with Crippen molar-refractivity contribution in [1.82, 2.24) is 25.2 Å². The number of amides is 1. The molecule has 3 aliphatic rings. The van der Waals surface area contributed by atoms with Crippen molar-refractivity contribution in [3.8, 4) is 11.3 Å². The van der Waals surface area contributed by atoms with E-state index in [0.717, 1.165) is 61.9 Å². The highest BCUT2D eigenvalue weighted by Crippen LogP contribution is 2.38. The number of carbonyl (C=O) groups excluding carboxylic acids is 1. The number of benzene rings is 1. The number of hydrogen-bond acceptors (Lipinski definition) is 8. The molecule has 3 N–H and O–H groups in total. The second kappa shape index (κ2) is 11.0. The van der Waals surface area contributed by atoms with E-state index in [-0.39, 0.29) is 41.5 Å². The minimum Gasteiger partial charge on any atom is -0.389 e. The first-order chi connectivity index (χ1) is 19.3. The van der Waals surface area contributed by atoms with Crippen LogP contribution in [0.15, 0.2) is 30.6 Å². The maximum atomic E-state index is 15.1. The molecule has 6 rings (SSSR count). The smallest absolute Gasteiger partial charge is 0.227 e. The number of nitrogens with zero attached hydrogens (tertiary/aromatic N) is 4. The normalized spacial score (nSPS) is 25.6. The van der Waals surface area contributed by atoms with Gasteiger partial charge in [-0.3, -0.25) is 14.7 Å². The van der Waals surface area contributed by atoms with Crippen LogP contribution in [0.5, 0.6) is 0 Å². The van der Waals surface area contributed by atoms with Crippen LogP contribution in [0.4, 0.5) is 10.3 Å². The second-order valence-corrected chi connectivity index (χ2v) is 11.8. The number of halogens is 1. The Morgan fingerprint density at radius 3 is 2.92 bits per heavy atom. The fourth-order valence-corrected chi connectivity index (χ4v) is 6.61. The Labute approximate surface area is 233 Å². The van der Waals surface area contributed by atoms with Gasteiger partial charge in [0.05, 0.1) is 35.9 Å². The summed E-state index contributed by atoms with van der Waals surface area (Å²) in [6, 6.07) is 5.47. The van der Waals surface area contributed by atoms with Crippen LogP contribution in [0.2, 0.25) is 0 Å². The van der Waals surface area contributed by atoms with Crippen LogP contribution in [0.25, 0.3) is 22.2 Å². The molecular weight excluding hydrogens is 511 g/mol. The Kier molecular flexibility index (Phi) is 7.41. The van der Waals surface area contributed by atoms with Crippen molar-refractivity contribution in [3.63, 3.8) is 0 Å². The van der Waals surface area contributed by atoms with E-state index in [1.807, 2.05) is 24.4 Å². The first-order valence-corrected chi connectivity index (χ1v) is 14.3. The highest BCUT2D eigenvalue weighted by Gasteiger charge is 2.45. The lowest BCUT2D eigenvalue weighted by atomic mass is 9.78. The Morgan fingerprint density at radius 2 is 2.15 bits per heavy atom. The van der Waals surface area contributed by atoms with Gasteiger partial charge >= 0.3 is 0 Å². The zero-order valence-electron chi connectivity index (χ0n) is 23.1. The maximum absolute atomic E-state index is 15.1. The van der Waals surface area contributed by atoms with Crippen LogP contribution >= 0.6 is 0 Å². The minimum atomic E-state index is -0.678. The van der Waals surface area contributed by atoms with E-state index in [1.54, 1.807) is 0 Å². The number of likely N-dealkylation sites (tertiary alicyclic amines) is 1. The zero-order chi connectivity index (χ0) is 27.9. The summed E-state index contributed by atoms with van der Waals surface area (Å²) in [6.07, 6.45) is 5.91. The second-order valence-electron chi connectivity index (χ2n) is 11.8. The summed E-state index contributed by atoms with van der Waals surface area (Å²) >= 11 is 0. The van der Waals surface area contributed by atoms with Crippen molar-refractivity contribution in [3.05, 3.63) is 47.5 Å². The molecule has 3 atom stereocenters. The van der Waals surface area contributed by atoms with Crippen LogP contribution in [0, 0.1) is 11.2 Å². The molecule has 5 heterocycles. The quantitative estimate of drug-likeness (QED) is 0.428. The topological polar surface area (TPSA) is 113 Å². The maximum Gasteiger partial charge on any atom is 0.227 e. The van der Waals surface area contributed by atoms with Crippen LogP contribution < -0.4 is 10.6 Å². The minimum absolute atomic E-state index is 0.189.